The quantitative estimate of drug-likeness (QED) is 0.613. The van der Waals surface area contributed by atoms with Crippen LogP contribution in [-0.2, 0) is 4.74 Å². The highest BCUT2D eigenvalue weighted by molar-refractivity contribution is 14.1. The Morgan fingerprint density at radius 1 is 1.38 bits per heavy atom. The van der Waals surface area contributed by atoms with E-state index in [0.717, 1.165) is 3.57 Å². The fourth-order valence-electron chi connectivity index (χ4n) is 1.92. The Morgan fingerprint density at radius 3 is 2.81 bits per heavy atom. The highest BCUT2D eigenvalue weighted by atomic mass is 127. The van der Waals surface area contributed by atoms with E-state index in [2.05, 4.69) is 32.9 Å². The number of hydrogen-bond donors (Lipinski definition) is 2. The highest BCUT2D eigenvalue weighted by Gasteiger charge is 2.19. The smallest absolute Gasteiger partial charge is 0.342 e. The van der Waals surface area contributed by atoms with Crippen molar-refractivity contribution in [2.75, 3.05) is 11.9 Å². The molecule has 0 radical (unpaired) electrons. The van der Waals surface area contributed by atoms with Gasteiger partial charge in [-0.3, -0.25) is 4.79 Å². The molecular weight excluding hydrogens is 383 g/mol. The van der Waals surface area contributed by atoms with Crippen LogP contribution in [0.3, 0.4) is 0 Å². The fraction of sp³-hybridized carbons (Fsp3) is 0.200. The second-order valence-electron chi connectivity index (χ2n) is 4.39. The van der Waals surface area contributed by atoms with E-state index in [1.54, 1.807) is 32.2 Å². The maximum atomic E-state index is 12.2. The average Bonchev–Trinajstić information content (AvgIpc) is 2.80. The van der Waals surface area contributed by atoms with Crippen molar-refractivity contribution in [3.05, 3.63) is 50.9 Å². The van der Waals surface area contributed by atoms with Crippen LogP contribution in [0.4, 0.5) is 5.69 Å². The largest absolute Gasteiger partial charge is 0.462 e. The van der Waals surface area contributed by atoms with E-state index < -0.39 is 5.97 Å². The lowest BCUT2D eigenvalue weighted by atomic mass is 10.2. The first-order valence-corrected chi connectivity index (χ1v) is 7.52. The first-order valence-electron chi connectivity index (χ1n) is 6.45. The number of halogens is 1. The molecule has 0 bridgehead atoms. The number of esters is 1. The van der Waals surface area contributed by atoms with Crippen LogP contribution in [0.25, 0.3) is 0 Å². The molecule has 0 saturated carbocycles. The summed E-state index contributed by atoms with van der Waals surface area (Å²) < 4.78 is 5.97. The standard InChI is InChI=1S/C15H15IN2O3/c1-3-21-15(20)13-9(2)17-8-12(13)18-14(19)10-5-4-6-11(16)7-10/h4-8,17H,3H2,1-2H3,(H,18,19). The van der Waals surface area contributed by atoms with Gasteiger partial charge in [-0.05, 0) is 54.6 Å². The van der Waals surface area contributed by atoms with E-state index in [-0.39, 0.29) is 12.5 Å². The molecule has 1 heterocycles. The van der Waals surface area contributed by atoms with Crippen molar-refractivity contribution in [3.63, 3.8) is 0 Å². The molecule has 0 saturated heterocycles. The Labute approximate surface area is 136 Å². The summed E-state index contributed by atoms with van der Waals surface area (Å²) in [7, 11) is 0. The van der Waals surface area contributed by atoms with Crippen LogP contribution >= 0.6 is 22.6 Å². The lowest BCUT2D eigenvalue weighted by molar-refractivity contribution is 0.0527. The van der Waals surface area contributed by atoms with Crippen LogP contribution in [-0.4, -0.2) is 23.5 Å². The Kier molecular flexibility index (Phi) is 5.00. The molecule has 5 nitrogen and oxygen atoms in total. The van der Waals surface area contributed by atoms with Gasteiger partial charge in [-0.25, -0.2) is 4.79 Å². The third-order valence-electron chi connectivity index (χ3n) is 2.89. The molecule has 0 atom stereocenters. The minimum Gasteiger partial charge on any atom is -0.462 e. The molecule has 2 rings (SSSR count). The summed E-state index contributed by atoms with van der Waals surface area (Å²) in [6.07, 6.45) is 1.59. The second-order valence-corrected chi connectivity index (χ2v) is 5.63. The van der Waals surface area contributed by atoms with Crippen molar-refractivity contribution < 1.29 is 14.3 Å². The third-order valence-corrected chi connectivity index (χ3v) is 3.56. The maximum Gasteiger partial charge on any atom is 0.342 e. The summed E-state index contributed by atoms with van der Waals surface area (Å²) in [6.45, 7) is 3.78. The van der Waals surface area contributed by atoms with Crippen LogP contribution in [0.5, 0.6) is 0 Å². The zero-order chi connectivity index (χ0) is 15.4. The van der Waals surface area contributed by atoms with E-state index in [9.17, 15) is 9.59 Å². The molecule has 0 aliphatic rings. The first kappa shape index (κ1) is 15.6. The third kappa shape index (κ3) is 3.63. The zero-order valence-electron chi connectivity index (χ0n) is 11.7. The summed E-state index contributed by atoms with van der Waals surface area (Å²) in [6, 6.07) is 7.22. The molecule has 2 aromatic rings. The van der Waals surface area contributed by atoms with Crippen LogP contribution in [0.1, 0.15) is 33.3 Å². The van der Waals surface area contributed by atoms with Gasteiger partial charge in [-0.2, -0.15) is 0 Å². The van der Waals surface area contributed by atoms with Crippen molar-refractivity contribution in [3.8, 4) is 0 Å². The lowest BCUT2D eigenvalue weighted by Crippen LogP contribution is -2.15. The number of nitrogens with one attached hydrogen (secondary N) is 2. The van der Waals surface area contributed by atoms with Gasteiger partial charge in [0, 0.05) is 21.0 Å². The van der Waals surface area contributed by atoms with E-state index in [1.165, 1.54) is 0 Å². The van der Waals surface area contributed by atoms with Gasteiger partial charge in [0.15, 0.2) is 0 Å². The number of H-pyrrole nitrogens is 1. The van der Waals surface area contributed by atoms with Gasteiger partial charge in [0.05, 0.1) is 12.3 Å². The number of carbonyl (C=O) groups is 2. The molecule has 1 aromatic heterocycles. The minimum atomic E-state index is -0.450. The van der Waals surface area contributed by atoms with E-state index in [0.29, 0.717) is 22.5 Å². The number of aromatic nitrogens is 1. The van der Waals surface area contributed by atoms with Gasteiger partial charge in [0.2, 0.25) is 0 Å². The van der Waals surface area contributed by atoms with Gasteiger partial charge >= 0.3 is 5.97 Å². The van der Waals surface area contributed by atoms with Crippen molar-refractivity contribution in [1.82, 2.24) is 4.98 Å². The number of aromatic amines is 1. The minimum absolute atomic E-state index is 0.266. The normalized spacial score (nSPS) is 10.2. The molecule has 0 aliphatic heterocycles. The predicted molar refractivity (Wildman–Crippen MR) is 88.6 cm³/mol. The number of benzene rings is 1. The highest BCUT2D eigenvalue weighted by Crippen LogP contribution is 2.21. The van der Waals surface area contributed by atoms with Crippen LogP contribution < -0.4 is 5.32 Å². The molecule has 0 aliphatic carbocycles. The van der Waals surface area contributed by atoms with Crippen molar-refractivity contribution in [2.24, 2.45) is 0 Å². The summed E-state index contributed by atoms with van der Waals surface area (Å²) >= 11 is 2.14. The van der Waals surface area contributed by atoms with Gasteiger partial charge in [-0.15, -0.1) is 0 Å². The molecule has 110 valence electrons. The number of anilines is 1. The summed E-state index contributed by atoms with van der Waals surface area (Å²) in [4.78, 5) is 27.1. The summed E-state index contributed by atoms with van der Waals surface area (Å²) in [5.74, 6) is -0.716. The lowest BCUT2D eigenvalue weighted by Gasteiger charge is -2.07. The Balaban J connectivity index is 2.24. The molecule has 1 amide bonds. The molecular formula is C15H15IN2O3. The van der Waals surface area contributed by atoms with Crippen molar-refractivity contribution in [1.29, 1.82) is 0 Å². The summed E-state index contributed by atoms with van der Waals surface area (Å²) in [5, 5.41) is 2.74. The number of ether oxygens (including phenoxy) is 1. The van der Waals surface area contributed by atoms with Gasteiger partial charge < -0.3 is 15.0 Å². The van der Waals surface area contributed by atoms with E-state index in [4.69, 9.17) is 4.74 Å². The Morgan fingerprint density at radius 2 is 2.14 bits per heavy atom. The number of carbonyl (C=O) groups excluding carboxylic acids is 2. The van der Waals surface area contributed by atoms with Gasteiger partial charge in [-0.1, -0.05) is 6.07 Å². The van der Waals surface area contributed by atoms with Gasteiger partial charge in [0.25, 0.3) is 5.91 Å². The average molecular weight is 398 g/mol. The molecule has 2 N–H and O–H groups in total. The topological polar surface area (TPSA) is 71.2 Å². The first-order chi connectivity index (χ1) is 10.0. The molecule has 6 heteroatoms. The van der Waals surface area contributed by atoms with E-state index >= 15 is 0 Å². The molecule has 21 heavy (non-hydrogen) atoms. The molecule has 0 unspecified atom stereocenters. The molecule has 0 fully saturated rings. The molecule has 1 aromatic carbocycles. The number of amides is 1. The van der Waals surface area contributed by atoms with E-state index in [1.807, 2.05) is 12.1 Å². The van der Waals surface area contributed by atoms with Gasteiger partial charge in [0.1, 0.15) is 5.56 Å². The van der Waals surface area contributed by atoms with Crippen LogP contribution in [0.2, 0.25) is 0 Å². The maximum absolute atomic E-state index is 12.2. The molecule has 0 spiro atoms. The zero-order valence-corrected chi connectivity index (χ0v) is 13.9. The van der Waals surface area contributed by atoms with Crippen molar-refractivity contribution in [2.45, 2.75) is 13.8 Å². The fourth-order valence-corrected chi connectivity index (χ4v) is 2.46. The SMILES string of the molecule is CCOC(=O)c1c(NC(=O)c2cccc(I)c2)c[nH]c1C. The second kappa shape index (κ2) is 6.75. The van der Waals surface area contributed by atoms with Crippen LogP contribution in [0.15, 0.2) is 30.5 Å². The Bertz CT molecular complexity index is 679. The number of aryl methyl sites for hydroxylation is 1. The number of rotatable bonds is 4. The predicted octanol–water partition coefficient (Wildman–Crippen LogP) is 3.36. The van der Waals surface area contributed by atoms with Crippen molar-refractivity contribution >= 4 is 40.2 Å². The monoisotopic (exact) mass is 398 g/mol. The number of hydrogen-bond acceptors (Lipinski definition) is 3. The summed E-state index contributed by atoms with van der Waals surface area (Å²) in [5.41, 5.74) is 1.98. The van der Waals surface area contributed by atoms with Crippen LogP contribution in [0, 0.1) is 10.5 Å². The Hall–Kier alpha value is -1.83.